The molecule has 10 heteroatoms. The molecule has 0 bridgehead atoms. The average Bonchev–Trinajstić information content (AvgIpc) is 2.43. The summed E-state index contributed by atoms with van der Waals surface area (Å²) in [6.45, 7) is 6.94. The van der Waals surface area contributed by atoms with Crippen LogP contribution in [0.15, 0.2) is 18.2 Å². The number of hydrogen-bond acceptors (Lipinski definition) is 6. The summed E-state index contributed by atoms with van der Waals surface area (Å²) >= 11 is 0. The Morgan fingerprint density at radius 1 is 1.32 bits per heavy atom. The topological polar surface area (TPSA) is 128 Å². The quantitative estimate of drug-likeness (QED) is 0.429. The van der Waals surface area contributed by atoms with E-state index in [1.807, 2.05) is 0 Å². The second-order valence-corrected chi connectivity index (χ2v) is 8.38. The van der Waals surface area contributed by atoms with Crippen molar-refractivity contribution in [3.8, 4) is 0 Å². The number of non-ortho nitro benzene ring substituents is 1. The Bertz CT molecular complexity index is 740. The summed E-state index contributed by atoms with van der Waals surface area (Å²) in [5.74, 6) is -0.244. The molecule has 0 aromatic heterocycles. The lowest BCUT2D eigenvalue weighted by molar-refractivity contribution is -0.384. The summed E-state index contributed by atoms with van der Waals surface area (Å²) in [7, 11) is -3.65. The van der Waals surface area contributed by atoms with Gasteiger partial charge in [-0.25, -0.2) is 13.2 Å². The van der Waals surface area contributed by atoms with Gasteiger partial charge in [-0.05, 0) is 45.7 Å². The van der Waals surface area contributed by atoms with E-state index in [9.17, 15) is 23.3 Å². The van der Waals surface area contributed by atoms with Crippen LogP contribution in [0.4, 0.5) is 16.2 Å². The number of hydrogen-bond donors (Lipinski definition) is 2. The molecule has 1 rings (SSSR count). The molecule has 0 aliphatic rings. The first-order valence-electron chi connectivity index (χ1n) is 7.60. The molecule has 9 nitrogen and oxygen atoms in total. The van der Waals surface area contributed by atoms with Crippen LogP contribution in [0.5, 0.6) is 0 Å². The molecule has 1 aromatic carbocycles. The minimum atomic E-state index is -3.65. The van der Waals surface area contributed by atoms with E-state index in [0.29, 0.717) is 5.56 Å². The zero-order valence-corrected chi connectivity index (χ0v) is 15.5. The molecular weight excluding hydrogens is 350 g/mol. The van der Waals surface area contributed by atoms with Crippen LogP contribution in [0.25, 0.3) is 0 Å². The van der Waals surface area contributed by atoms with Crippen LogP contribution < -0.4 is 10.0 Å². The van der Waals surface area contributed by atoms with Gasteiger partial charge in [0.1, 0.15) is 0 Å². The first-order chi connectivity index (χ1) is 11.4. The minimum Gasteiger partial charge on any atom is -0.450 e. The Labute approximate surface area is 147 Å². The van der Waals surface area contributed by atoms with E-state index >= 15 is 0 Å². The van der Waals surface area contributed by atoms with Gasteiger partial charge >= 0.3 is 6.09 Å². The normalized spacial score (nSPS) is 11.7. The Hall–Kier alpha value is -2.36. The number of nitrogens with zero attached hydrogens (tertiary/aromatic N) is 1. The van der Waals surface area contributed by atoms with Crippen LogP contribution in [0.1, 0.15) is 32.8 Å². The van der Waals surface area contributed by atoms with Crippen molar-refractivity contribution in [2.45, 2.75) is 39.7 Å². The number of ether oxygens (including phenoxy) is 1. The fraction of sp³-hybridized carbons (Fsp3) is 0.533. The van der Waals surface area contributed by atoms with Crippen LogP contribution in [-0.2, 0) is 14.8 Å². The molecule has 0 heterocycles. The van der Waals surface area contributed by atoms with Gasteiger partial charge in [0.25, 0.3) is 5.69 Å². The number of nitrogens with one attached hydrogen (secondary N) is 2. The summed E-state index contributed by atoms with van der Waals surface area (Å²) in [5, 5.41) is 13.3. The molecule has 0 aliphatic carbocycles. The van der Waals surface area contributed by atoms with Crippen molar-refractivity contribution in [2.75, 3.05) is 17.1 Å². The lowest BCUT2D eigenvalue weighted by atomic mass is 10.1. The van der Waals surface area contributed by atoms with Crippen molar-refractivity contribution in [1.29, 1.82) is 0 Å². The van der Waals surface area contributed by atoms with Gasteiger partial charge in [0.15, 0.2) is 0 Å². The molecule has 1 aromatic rings. The predicted molar refractivity (Wildman–Crippen MR) is 94.1 cm³/mol. The number of carbonyl (C=O) groups excluding carboxylic acids is 1. The minimum absolute atomic E-state index is 0.0396. The molecule has 0 saturated heterocycles. The molecule has 1 amide bonds. The third-order valence-electron chi connectivity index (χ3n) is 2.95. The van der Waals surface area contributed by atoms with Crippen molar-refractivity contribution in [1.82, 2.24) is 5.32 Å². The van der Waals surface area contributed by atoms with Gasteiger partial charge in [0.2, 0.25) is 10.0 Å². The van der Waals surface area contributed by atoms with Crippen LogP contribution in [0, 0.1) is 17.0 Å². The zero-order chi connectivity index (χ0) is 19.3. The monoisotopic (exact) mass is 373 g/mol. The first kappa shape index (κ1) is 20.7. The van der Waals surface area contributed by atoms with Gasteiger partial charge in [-0.2, -0.15) is 0 Å². The van der Waals surface area contributed by atoms with Crippen molar-refractivity contribution in [2.24, 2.45) is 0 Å². The first-order valence-corrected chi connectivity index (χ1v) is 9.25. The highest BCUT2D eigenvalue weighted by atomic mass is 32.2. The van der Waals surface area contributed by atoms with Crippen LogP contribution in [0.3, 0.4) is 0 Å². The van der Waals surface area contributed by atoms with E-state index in [1.165, 1.54) is 18.2 Å². The maximum absolute atomic E-state index is 12.0. The number of amides is 1. The van der Waals surface area contributed by atoms with Gasteiger partial charge in [0, 0.05) is 17.7 Å². The van der Waals surface area contributed by atoms with Gasteiger partial charge in [-0.1, -0.05) is 0 Å². The van der Waals surface area contributed by atoms with Gasteiger partial charge < -0.3 is 10.1 Å². The fourth-order valence-electron chi connectivity index (χ4n) is 1.85. The Morgan fingerprint density at radius 3 is 2.48 bits per heavy atom. The van der Waals surface area contributed by atoms with Crippen molar-refractivity contribution < 1.29 is 22.9 Å². The highest BCUT2D eigenvalue weighted by Crippen LogP contribution is 2.22. The lowest BCUT2D eigenvalue weighted by Crippen LogP contribution is -2.41. The van der Waals surface area contributed by atoms with Gasteiger partial charge in [-0.3, -0.25) is 14.8 Å². The second kappa shape index (κ2) is 8.15. The number of rotatable bonds is 7. The third-order valence-corrected chi connectivity index (χ3v) is 4.31. The highest BCUT2D eigenvalue weighted by Gasteiger charge is 2.16. The van der Waals surface area contributed by atoms with Crippen molar-refractivity contribution in [3.05, 3.63) is 33.9 Å². The molecule has 0 aliphatic heterocycles. The number of nitro groups is 1. The molecule has 0 fully saturated rings. The number of aryl methyl sites for hydroxylation is 1. The molecule has 0 spiro atoms. The standard InChI is InChI=1S/C15H23N3O6S/c1-11-10-12(18(20)21)6-7-13(11)17-25(22,23)9-5-8-24-14(19)16-15(2,3)4/h6-7,10,17H,5,8-9H2,1-4H3,(H,16,19). The molecule has 140 valence electrons. The molecule has 0 saturated carbocycles. The summed E-state index contributed by atoms with van der Waals surface area (Å²) in [6.07, 6.45) is -0.483. The van der Waals surface area contributed by atoms with Crippen LogP contribution in [-0.4, -0.2) is 37.3 Å². The summed E-state index contributed by atoms with van der Waals surface area (Å²) in [6, 6.07) is 3.86. The smallest absolute Gasteiger partial charge is 0.407 e. The highest BCUT2D eigenvalue weighted by molar-refractivity contribution is 7.92. The summed E-state index contributed by atoms with van der Waals surface area (Å²) in [5.41, 5.74) is 0.173. The largest absolute Gasteiger partial charge is 0.450 e. The van der Waals surface area contributed by atoms with Crippen molar-refractivity contribution in [3.63, 3.8) is 0 Å². The van der Waals surface area contributed by atoms with E-state index in [-0.39, 0.29) is 30.2 Å². The molecule has 25 heavy (non-hydrogen) atoms. The molecule has 2 N–H and O–H groups in total. The maximum atomic E-state index is 12.0. The van der Waals surface area contributed by atoms with Crippen LogP contribution >= 0.6 is 0 Å². The van der Waals surface area contributed by atoms with Crippen LogP contribution in [0.2, 0.25) is 0 Å². The molecular formula is C15H23N3O6S. The van der Waals surface area contributed by atoms with E-state index < -0.39 is 26.6 Å². The Kier molecular flexibility index (Phi) is 6.74. The fourth-order valence-corrected chi connectivity index (χ4v) is 3.01. The number of nitro benzene ring substituents is 1. The second-order valence-electron chi connectivity index (χ2n) is 6.54. The predicted octanol–water partition coefficient (Wildman–Crippen LogP) is 2.56. The Morgan fingerprint density at radius 2 is 1.96 bits per heavy atom. The number of sulfonamides is 1. The number of alkyl carbamates (subject to hydrolysis) is 1. The Balaban J connectivity index is 2.52. The maximum Gasteiger partial charge on any atom is 0.407 e. The summed E-state index contributed by atoms with van der Waals surface area (Å²) < 4.78 is 31.4. The molecule has 0 atom stereocenters. The average molecular weight is 373 g/mol. The van der Waals surface area contributed by atoms with E-state index in [1.54, 1.807) is 27.7 Å². The summed E-state index contributed by atoms with van der Waals surface area (Å²) in [4.78, 5) is 21.6. The number of carbonyl (C=O) groups is 1. The number of benzene rings is 1. The molecule has 0 unspecified atom stereocenters. The zero-order valence-electron chi connectivity index (χ0n) is 14.7. The van der Waals surface area contributed by atoms with E-state index in [2.05, 4.69) is 10.0 Å². The third kappa shape index (κ3) is 7.84. The van der Waals surface area contributed by atoms with E-state index in [0.717, 1.165) is 0 Å². The van der Waals surface area contributed by atoms with Gasteiger partial charge in [-0.15, -0.1) is 0 Å². The SMILES string of the molecule is Cc1cc([N+](=O)[O-])ccc1NS(=O)(=O)CCCOC(=O)NC(C)(C)C. The van der Waals surface area contributed by atoms with Crippen molar-refractivity contribution >= 4 is 27.5 Å². The molecule has 0 radical (unpaired) electrons. The lowest BCUT2D eigenvalue weighted by Gasteiger charge is -2.19. The number of anilines is 1. The van der Waals surface area contributed by atoms with Gasteiger partial charge in [0.05, 0.1) is 23.0 Å². The van der Waals surface area contributed by atoms with E-state index in [4.69, 9.17) is 4.74 Å².